The van der Waals surface area contributed by atoms with E-state index in [1.165, 1.54) is 18.5 Å². The number of likely N-dealkylation sites (tertiary alicyclic amines) is 1. The van der Waals surface area contributed by atoms with Crippen LogP contribution in [0.4, 0.5) is 4.39 Å². The van der Waals surface area contributed by atoms with Gasteiger partial charge in [-0.2, -0.15) is 0 Å². The van der Waals surface area contributed by atoms with Crippen LogP contribution in [0.3, 0.4) is 0 Å². The highest BCUT2D eigenvalue weighted by Gasteiger charge is 2.23. The summed E-state index contributed by atoms with van der Waals surface area (Å²) in [5.74, 6) is -1.27. The van der Waals surface area contributed by atoms with Crippen molar-refractivity contribution >= 4 is 17.7 Å². The third kappa shape index (κ3) is 8.26. The first kappa shape index (κ1) is 28.6. The van der Waals surface area contributed by atoms with Gasteiger partial charge in [-0.05, 0) is 25.7 Å². The average molecular weight is 504 g/mol. The van der Waals surface area contributed by atoms with Gasteiger partial charge in [-0.1, -0.05) is 25.6 Å². The van der Waals surface area contributed by atoms with Gasteiger partial charge < -0.3 is 24.8 Å². The maximum Gasteiger partial charge on any atom is 0.316 e. The molecule has 1 aromatic heterocycles. The number of amides is 1. The van der Waals surface area contributed by atoms with Crippen molar-refractivity contribution in [1.82, 2.24) is 14.9 Å². The van der Waals surface area contributed by atoms with E-state index in [0.717, 1.165) is 12.8 Å². The maximum atomic E-state index is 14.9. The average Bonchev–Trinajstić information content (AvgIpc) is 2.85. The molecule has 0 unspecified atom stereocenters. The van der Waals surface area contributed by atoms with Crippen LogP contribution in [0.1, 0.15) is 39.2 Å². The molecule has 196 valence electrons. The summed E-state index contributed by atoms with van der Waals surface area (Å²) >= 11 is 0. The second kappa shape index (κ2) is 14.1. The second-order valence-electron chi connectivity index (χ2n) is 8.17. The van der Waals surface area contributed by atoms with Crippen molar-refractivity contribution in [3.63, 3.8) is 0 Å². The molecular weight excluding hydrogens is 469 g/mol. The number of aromatic nitrogens is 2. The molecule has 3 rings (SSSR count). The summed E-state index contributed by atoms with van der Waals surface area (Å²) in [4.78, 5) is 33.8. The Labute approximate surface area is 210 Å². The first-order chi connectivity index (χ1) is 16.9. The van der Waals surface area contributed by atoms with Crippen LogP contribution >= 0.6 is 0 Å². The predicted octanol–water partition coefficient (Wildman–Crippen LogP) is 2.94. The minimum absolute atomic E-state index is 0. The summed E-state index contributed by atoms with van der Waals surface area (Å²) in [6.07, 6.45) is 4.25. The summed E-state index contributed by atoms with van der Waals surface area (Å²) in [5.41, 5.74) is 6.07. The van der Waals surface area contributed by atoms with Gasteiger partial charge in [0, 0.05) is 48.8 Å². The zero-order valence-electron chi connectivity index (χ0n) is 19.7. The Morgan fingerprint density at radius 3 is 2.56 bits per heavy atom. The number of amidine groups is 1. The van der Waals surface area contributed by atoms with Gasteiger partial charge in [0.1, 0.15) is 31.3 Å². The van der Waals surface area contributed by atoms with Gasteiger partial charge in [0.15, 0.2) is 0 Å². The topological polar surface area (TPSA) is 141 Å². The lowest BCUT2D eigenvalue weighted by Crippen LogP contribution is -2.41. The van der Waals surface area contributed by atoms with E-state index in [2.05, 4.69) is 9.97 Å². The third-order valence-corrected chi connectivity index (χ3v) is 5.59. The van der Waals surface area contributed by atoms with Gasteiger partial charge in [-0.3, -0.25) is 15.0 Å². The molecule has 1 aliphatic heterocycles. The quantitative estimate of drug-likeness (QED) is 0.271. The Morgan fingerprint density at radius 2 is 1.92 bits per heavy atom. The van der Waals surface area contributed by atoms with Gasteiger partial charge in [0.2, 0.25) is 5.91 Å². The van der Waals surface area contributed by atoms with Gasteiger partial charge in [0.05, 0.1) is 6.61 Å². The van der Waals surface area contributed by atoms with E-state index in [1.54, 1.807) is 12.1 Å². The fraction of sp³-hybridized carbons (Fsp3) is 0.480. The molecule has 0 saturated carbocycles. The minimum atomic E-state index is -0.699. The molecule has 10 nitrogen and oxygen atoms in total. The van der Waals surface area contributed by atoms with E-state index in [1.807, 2.05) is 11.8 Å². The Hall–Kier alpha value is -3.60. The normalized spacial score (nSPS) is 13.6. The van der Waals surface area contributed by atoms with Crippen LogP contribution in [0.25, 0.3) is 11.1 Å². The molecule has 0 bridgehead atoms. The number of halogens is 1. The SMILES string of the molecule is C.CCOCC(=O)N1CCC(COc2ncc(-c3cccc(COC(=O)CC(=N)N)c3F)cn2)CC1. The summed E-state index contributed by atoms with van der Waals surface area (Å²) in [5, 5.41) is 7.11. The first-order valence-electron chi connectivity index (χ1n) is 11.4. The molecule has 0 spiro atoms. The third-order valence-electron chi connectivity index (χ3n) is 5.59. The Balaban J connectivity index is 0.00000456. The fourth-order valence-corrected chi connectivity index (χ4v) is 3.63. The molecule has 11 heteroatoms. The lowest BCUT2D eigenvalue weighted by Gasteiger charge is -2.31. The smallest absolute Gasteiger partial charge is 0.316 e. The number of carbonyl (C=O) groups is 2. The van der Waals surface area contributed by atoms with E-state index in [0.29, 0.717) is 31.9 Å². The fourth-order valence-electron chi connectivity index (χ4n) is 3.63. The molecule has 1 amide bonds. The van der Waals surface area contributed by atoms with Crippen LogP contribution < -0.4 is 10.5 Å². The highest BCUT2D eigenvalue weighted by Crippen LogP contribution is 2.25. The molecule has 36 heavy (non-hydrogen) atoms. The van der Waals surface area contributed by atoms with E-state index in [9.17, 15) is 14.0 Å². The zero-order valence-corrected chi connectivity index (χ0v) is 19.7. The lowest BCUT2D eigenvalue weighted by atomic mass is 9.98. The van der Waals surface area contributed by atoms with Gasteiger partial charge in [0.25, 0.3) is 0 Å². The molecule has 0 atom stereocenters. The minimum Gasteiger partial charge on any atom is -0.463 e. The maximum absolute atomic E-state index is 14.9. The van der Waals surface area contributed by atoms with Crippen LogP contribution in [-0.2, 0) is 25.7 Å². The van der Waals surface area contributed by atoms with Gasteiger partial charge >= 0.3 is 12.0 Å². The number of carbonyl (C=O) groups excluding carboxylic acids is 2. The molecule has 0 radical (unpaired) electrons. The lowest BCUT2D eigenvalue weighted by molar-refractivity contribution is -0.143. The molecule has 1 fully saturated rings. The molecular formula is C25H34FN5O5. The van der Waals surface area contributed by atoms with Crippen molar-refractivity contribution in [1.29, 1.82) is 5.41 Å². The van der Waals surface area contributed by atoms with Crippen molar-refractivity contribution in [2.45, 2.75) is 40.2 Å². The summed E-state index contributed by atoms with van der Waals surface area (Å²) in [6.45, 7) is 3.99. The molecule has 1 aliphatic rings. The van der Waals surface area contributed by atoms with Crippen LogP contribution in [0.5, 0.6) is 6.01 Å². The Bertz CT molecular complexity index is 1030. The van der Waals surface area contributed by atoms with Crippen molar-refractivity contribution < 1.29 is 28.2 Å². The van der Waals surface area contributed by atoms with Crippen LogP contribution in [0.2, 0.25) is 0 Å². The van der Waals surface area contributed by atoms with Crippen LogP contribution in [0, 0.1) is 17.1 Å². The van der Waals surface area contributed by atoms with E-state index in [4.69, 9.17) is 25.4 Å². The highest BCUT2D eigenvalue weighted by molar-refractivity contribution is 5.94. The Kier molecular flexibility index (Phi) is 11.2. The van der Waals surface area contributed by atoms with E-state index < -0.39 is 11.8 Å². The molecule has 1 saturated heterocycles. The van der Waals surface area contributed by atoms with Crippen LogP contribution in [-0.4, -0.2) is 65.5 Å². The molecule has 2 aromatic rings. The number of nitrogens with zero attached hydrogens (tertiary/aromatic N) is 3. The summed E-state index contributed by atoms with van der Waals surface area (Å²) < 4.78 is 30.8. The van der Waals surface area contributed by atoms with Crippen molar-refractivity contribution in [2.75, 3.05) is 32.9 Å². The van der Waals surface area contributed by atoms with E-state index in [-0.39, 0.29) is 61.9 Å². The summed E-state index contributed by atoms with van der Waals surface area (Å²) in [7, 11) is 0. The van der Waals surface area contributed by atoms with Crippen molar-refractivity contribution in [3.8, 4) is 17.1 Å². The number of nitrogens with two attached hydrogens (primary N) is 1. The summed E-state index contributed by atoms with van der Waals surface area (Å²) in [6, 6.07) is 4.92. The standard InChI is InChI=1S/C24H30FN5O5.CH4/c1-2-33-15-21(31)30-8-6-16(7-9-30)13-35-24-28-11-18(12-29-24)19-5-3-4-17(23(19)25)14-34-22(32)10-20(26)27;/h3-5,11-12,16H,2,6-10,13-15H2,1H3,(H3,26,27);1H4. The number of nitrogens with one attached hydrogen (secondary N) is 1. The number of benzene rings is 1. The predicted molar refractivity (Wildman–Crippen MR) is 132 cm³/mol. The van der Waals surface area contributed by atoms with Gasteiger partial charge in [-0.15, -0.1) is 0 Å². The van der Waals surface area contributed by atoms with Crippen molar-refractivity contribution in [3.05, 3.63) is 42.0 Å². The number of rotatable bonds is 11. The first-order valence-corrected chi connectivity index (χ1v) is 11.4. The van der Waals surface area contributed by atoms with E-state index >= 15 is 0 Å². The number of ether oxygens (including phenoxy) is 3. The molecule has 2 heterocycles. The zero-order chi connectivity index (χ0) is 25.2. The molecule has 1 aromatic carbocycles. The second-order valence-corrected chi connectivity index (χ2v) is 8.17. The monoisotopic (exact) mass is 503 g/mol. The Morgan fingerprint density at radius 1 is 1.22 bits per heavy atom. The number of piperidine rings is 1. The largest absolute Gasteiger partial charge is 0.463 e. The number of esters is 1. The van der Waals surface area contributed by atoms with Crippen LogP contribution in [0.15, 0.2) is 30.6 Å². The number of hydrogen-bond donors (Lipinski definition) is 2. The molecule has 3 N–H and O–H groups in total. The highest BCUT2D eigenvalue weighted by atomic mass is 19.1. The molecule has 0 aliphatic carbocycles. The van der Waals surface area contributed by atoms with Gasteiger partial charge in [-0.25, -0.2) is 14.4 Å². The number of hydrogen-bond acceptors (Lipinski definition) is 8. The van der Waals surface area contributed by atoms with Crippen molar-refractivity contribution in [2.24, 2.45) is 11.7 Å².